The van der Waals surface area contributed by atoms with Gasteiger partial charge in [-0.25, -0.2) is 4.79 Å². The molecule has 1 aliphatic rings. The van der Waals surface area contributed by atoms with Crippen LogP contribution in [0.15, 0.2) is 18.3 Å². The van der Waals surface area contributed by atoms with Crippen molar-refractivity contribution in [2.75, 3.05) is 6.54 Å². The minimum Gasteiger partial charge on any atom is -0.480 e. The summed E-state index contributed by atoms with van der Waals surface area (Å²) in [6, 6.07) is 2.91. The van der Waals surface area contributed by atoms with Gasteiger partial charge in [0, 0.05) is 19.3 Å². The van der Waals surface area contributed by atoms with Gasteiger partial charge in [0.25, 0.3) is 5.91 Å². The fourth-order valence-electron chi connectivity index (χ4n) is 2.98. The fraction of sp³-hybridized carbons (Fsp3) is 0.600. The van der Waals surface area contributed by atoms with Crippen molar-refractivity contribution in [1.29, 1.82) is 0 Å². The zero-order chi connectivity index (χ0) is 14.7. The summed E-state index contributed by atoms with van der Waals surface area (Å²) in [5.41, 5.74) is 0.590. The quantitative estimate of drug-likeness (QED) is 0.918. The number of hydrogen-bond acceptors (Lipinski definition) is 2. The predicted octanol–water partition coefficient (Wildman–Crippen LogP) is 2.22. The third kappa shape index (κ3) is 2.71. The van der Waals surface area contributed by atoms with Crippen molar-refractivity contribution in [1.82, 2.24) is 9.47 Å². The lowest BCUT2D eigenvalue weighted by Gasteiger charge is -2.37. The topological polar surface area (TPSA) is 62.5 Å². The van der Waals surface area contributed by atoms with Crippen LogP contribution >= 0.6 is 0 Å². The molecule has 0 aromatic carbocycles. The van der Waals surface area contributed by atoms with Gasteiger partial charge in [-0.1, -0.05) is 13.8 Å². The van der Waals surface area contributed by atoms with E-state index in [2.05, 4.69) is 6.92 Å². The molecule has 0 radical (unpaired) electrons. The van der Waals surface area contributed by atoms with Crippen molar-refractivity contribution >= 4 is 11.9 Å². The van der Waals surface area contributed by atoms with Crippen LogP contribution in [0, 0.1) is 5.92 Å². The number of likely N-dealkylation sites (tertiary alicyclic amines) is 1. The Morgan fingerprint density at radius 2 is 2.20 bits per heavy atom. The zero-order valence-electron chi connectivity index (χ0n) is 12.1. The molecule has 0 spiro atoms. The summed E-state index contributed by atoms with van der Waals surface area (Å²) in [5.74, 6) is -1.07. The van der Waals surface area contributed by atoms with E-state index in [-0.39, 0.29) is 11.8 Å². The Hall–Kier alpha value is -1.78. The minimum absolute atomic E-state index is 0.000197. The molecule has 0 bridgehead atoms. The lowest BCUT2D eigenvalue weighted by atomic mass is 9.90. The average Bonchev–Trinajstić information content (AvgIpc) is 2.86. The van der Waals surface area contributed by atoms with Crippen LogP contribution in [0.5, 0.6) is 0 Å². The van der Waals surface area contributed by atoms with Crippen LogP contribution in [0.1, 0.15) is 43.6 Å². The largest absolute Gasteiger partial charge is 0.480 e. The van der Waals surface area contributed by atoms with Crippen molar-refractivity contribution in [2.45, 2.75) is 45.7 Å². The summed E-state index contributed by atoms with van der Waals surface area (Å²) in [4.78, 5) is 25.6. The normalized spacial score (nSPS) is 22.8. The standard InChI is InChI=1S/C15H22N2O3/c1-3-8-16-9-5-7-12(16)14(18)17-10-4-6-11(2)13(17)15(19)20/h5,7,9,11,13H,3-4,6,8,10H2,1-2H3,(H,19,20). The molecule has 0 aliphatic carbocycles. The number of nitrogens with zero attached hydrogens (tertiary/aromatic N) is 2. The van der Waals surface area contributed by atoms with Gasteiger partial charge in [-0.15, -0.1) is 0 Å². The number of aryl methyl sites for hydroxylation is 1. The van der Waals surface area contributed by atoms with E-state index in [0.717, 1.165) is 25.8 Å². The summed E-state index contributed by atoms with van der Waals surface area (Å²) >= 11 is 0. The molecule has 1 aromatic heterocycles. The third-order valence-corrected chi connectivity index (χ3v) is 3.96. The molecule has 1 aliphatic heterocycles. The number of rotatable bonds is 4. The highest BCUT2D eigenvalue weighted by Gasteiger charge is 2.37. The molecule has 20 heavy (non-hydrogen) atoms. The maximum absolute atomic E-state index is 12.7. The molecule has 1 N–H and O–H groups in total. The second kappa shape index (κ2) is 6.11. The number of hydrogen-bond donors (Lipinski definition) is 1. The van der Waals surface area contributed by atoms with Crippen LogP contribution in [-0.4, -0.2) is 39.0 Å². The highest BCUT2D eigenvalue weighted by Crippen LogP contribution is 2.25. The molecule has 1 saturated heterocycles. The molecule has 110 valence electrons. The molecular weight excluding hydrogens is 256 g/mol. The SMILES string of the molecule is CCCn1cccc1C(=O)N1CCCC(C)C1C(=O)O. The van der Waals surface area contributed by atoms with Crippen molar-refractivity contribution in [3.63, 3.8) is 0 Å². The first-order valence-corrected chi connectivity index (χ1v) is 7.25. The molecule has 1 aromatic rings. The van der Waals surface area contributed by atoms with E-state index in [9.17, 15) is 14.7 Å². The van der Waals surface area contributed by atoms with Gasteiger partial charge in [0.2, 0.25) is 0 Å². The minimum atomic E-state index is -0.904. The highest BCUT2D eigenvalue weighted by atomic mass is 16.4. The van der Waals surface area contributed by atoms with Gasteiger partial charge in [-0.3, -0.25) is 4.79 Å². The first-order valence-electron chi connectivity index (χ1n) is 7.25. The second-order valence-corrected chi connectivity index (χ2v) is 5.49. The number of carboxylic acid groups (broad SMARTS) is 1. The van der Waals surface area contributed by atoms with E-state index in [1.807, 2.05) is 23.8 Å². The van der Waals surface area contributed by atoms with Crippen LogP contribution in [-0.2, 0) is 11.3 Å². The van der Waals surface area contributed by atoms with Crippen LogP contribution in [0.3, 0.4) is 0 Å². The Bertz CT molecular complexity index is 495. The lowest BCUT2D eigenvalue weighted by molar-refractivity contribution is -0.145. The second-order valence-electron chi connectivity index (χ2n) is 5.49. The van der Waals surface area contributed by atoms with Crippen molar-refractivity contribution in [2.24, 2.45) is 5.92 Å². The van der Waals surface area contributed by atoms with Crippen molar-refractivity contribution in [3.05, 3.63) is 24.0 Å². The van der Waals surface area contributed by atoms with E-state index < -0.39 is 12.0 Å². The zero-order valence-corrected chi connectivity index (χ0v) is 12.1. The Balaban J connectivity index is 2.26. The molecule has 2 rings (SSSR count). The van der Waals surface area contributed by atoms with Crippen LogP contribution in [0.4, 0.5) is 0 Å². The predicted molar refractivity (Wildman–Crippen MR) is 75.6 cm³/mol. The van der Waals surface area contributed by atoms with Crippen LogP contribution in [0.25, 0.3) is 0 Å². The molecular formula is C15H22N2O3. The van der Waals surface area contributed by atoms with Gasteiger partial charge in [-0.05, 0) is 37.3 Å². The van der Waals surface area contributed by atoms with Gasteiger partial charge in [0.15, 0.2) is 0 Å². The van der Waals surface area contributed by atoms with Gasteiger partial charge in [0.1, 0.15) is 11.7 Å². The molecule has 2 atom stereocenters. The van der Waals surface area contributed by atoms with Crippen molar-refractivity contribution < 1.29 is 14.7 Å². The molecule has 2 unspecified atom stereocenters. The molecule has 1 fully saturated rings. The highest BCUT2D eigenvalue weighted by molar-refractivity contribution is 5.95. The van der Waals surface area contributed by atoms with Crippen molar-refractivity contribution in [3.8, 4) is 0 Å². The van der Waals surface area contributed by atoms with Gasteiger partial charge in [-0.2, -0.15) is 0 Å². The molecule has 2 heterocycles. The van der Waals surface area contributed by atoms with Crippen LogP contribution < -0.4 is 0 Å². The Morgan fingerprint density at radius 3 is 2.85 bits per heavy atom. The Kier molecular flexibility index (Phi) is 4.47. The van der Waals surface area contributed by atoms with E-state index in [1.165, 1.54) is 4.90 Å². The van der Waals surface area contributed by atoms with E-state index in [1.54, 1.807) is 6.07 Å². The smallest absolute Gasteiger partial charge is 0.326 e. The molecule has 1 amide bonds. The number of piperidine rings is 1. The Labute approximate surface area is 119 Å². The summed E-state index contributed by atoms with van der Waals surface area (Å²) in [6.45, 7) is 5.26. The number of carboxylic acids is 1. The van der Waals surface area contributed by atoms with E-state index in [0.29, 0.717) is 12.2 Å². The summed E-state index contributed by atoms with van der Waals surface area (Å²) in [6.07, 6.45) is 4.54. The third-order valence-electron chi connectivity index (χ3n) is 3.96. The van der Waals surface area contributed by atoms with Gasteiger partial charge < -0.3 is 14.6 Å². The Morgan fingerprint density at radius 1 is 1.45 bits per heavy atom. The van der Waals surface area contributed by atoms with Gasteiger partial charge >= 0.3 is 5.97 Å². The molecule has 5 heteroatoms. The average molecular weight is 278 g/mol. The number of amides is 1. The monoisotopic (exact) mass is 278 g/mol. The van der Waals surface area contributed by atoms with Crippen LogP contribution in [0.2, 0.25) is 0 Å². The summed E-state index contributed by atoms with van der Waals surface area (Å²) < 4.78 is 1.90. The van der Waals surface area contributed by atoms with Gasteiger partial charge in [0.05, 0.1) is 0 Å². The summed E-state index contributed by atoms with van der Waals surface area (Å²) in [5, 5.41) is 9.40. The number of aromatic nitrogens is 1. The van der Waals surface area contributed by atoms with E-state index in [4.69, 9.17) is 0 Å². The maximum Gasteiger partial charge on any atom is 0.326 e. The number of carbonyl (C=O) groups excluding carboxylic acids is 1. The maximum atomic E-state index is 12.7. The van der Waals surface area contributed by atoms with E-state index >= 15 is 0 Å². The molecule has 5 nitrogen and oxygen atoms in total. The number of aliphatic carboxylic acids is 1. The summed E-state index contributed by atoms with van der Waals surface area (Å²) in [7, 11) is 0. The lowest BCUT2D eigenvalue weighted by Crippen LogP contribution is -2.52. The molecule has 0 saturated carbocycles. The fourth-order valence-corrected chi connectivity index (χ4v) is 2.98. The number of carbonyl (C=O) groups is 2. The first-order chi connectivity index (χ1) is 9.56. The first kappa shape index (κ1) is 14.6.